The number of rotatable bonds is 1. The maximum atomic E-state index is 13.0. The second-order valence-electron chi connectivity index (χ2n) is 4.28. The molecule has 20 heavy (non-hydrogen) atoms. The van der Waals surface area contributed by atoms with Crippen molar-refractivity contribution in [3.8, 4) is 11.5 Å². The predicted octanol–water partition coefficient (Wildman–Crippen LogP) is 2.30. The van der Waals surface area contributed by atoms with E-state index in [0.29, 0.717) is 5.69 Å². The Morgan fingerprint density at radius 3 is 2.55 bits per heavy atom. The molecule has 3 heterocycles. The van der Waals surface area contributed by atoms with Gasteiger partial charge in [0.25, 0.3) is 0 Å². The summed E-state index contributed by atoms with van der Waals surface area (Å²) in [5.74, 6) is -0.729. The molecule has 0 spiro atoms. The van der Waals surface area contributed by atoms with Gasteiger partial charge in [-0.05, 0) is 12.1 Å². The summed E-state index contributed by atoms with van der Waals surface area (Å²) in [5, 5.41) is 2.81. The van der Waals surface area contributed by atoms with Crippen LogP contribution in [0.4, 0.5) is 17.6 Å². The van der Waals surface area contributed by atoms with E-state index < -0.39 is 17.7 Å². The minimum Gasteiger partial charge on any atom is -0.307 e. The first-order valence-corrected chi connectivity index (χ1v) is 5.75. The van der Waals surface area contributed by atoms with E-state index in [1.54, 1.807) is 0 Å². The molecule has 1 aliphatic heterocycles. The summed E-state index contributed by atoms with van der Waals surface area (Å²) in [5.41, 5.74) is -0.503. The van der Waals surface area contributed by atoms with Gasteiger partial charge >= 0.3 is 6.18 Å². The summed E-state index contributed by atoms with van der Waals surface area (Å²) in [4.78, 5) is 11.3. The number of aromatic nitrogens is 3. The van der Waals surface area contributed by atoms with Crippen molar-refractivity contribution in [2.24, 2.45) is 0 Å². The Bertz CT molecular complexity index is 652. The van der Waals surface area contributed by atoms with Crippen LogP contribution >= 0.6 is 0 Å². The lowest BCUT2D eigenvalue weighted by molar-refractivity contribution is -0.141. The fraction of sp³-hybridized carbons (Fsp3) is 0.250. The van der Waals surface area contributed by atoms with E-state index in [4.69, 9.17) is 0 Å². The number of hydrogen-bond donors (Lipinski definition) is 1. The second-order valence-corrected chi connectivity index (χ2v) is 4.28. The molecule has 1 aliphatic rings. The smallest absolute Gasteiger partial charge is 0.307 e. The molecule has 0 amide bonds. The molecule has 0 saturated heterocycles. The monoisotopic (exact) mass is 284 g/mol. The zero-order chi connectivity index (χ0) is 14.3. The van der Waals surface area contributed by atoms with Crippen molar-refractivity contribution >= 4 is 0 Å². The van der Waals surface area contributed by atoms with Crippen molar-refractivity contribution in [2.75, 3.05) is 0 Å². The van der Waals surface area contributed by atoms with Gasteiger partial charge in [0.15, 0.2) is 11.5 Å². The van der Waals surface area contributed by atoms with Gasteiger partial charge in [-0.1, -0.05) is 0 Å². The van der Waals surface area contributed by atoms with Crippen LogP contribution in [0.25, 0.3) is 11.5 Å². The maximum absolute atomic E-state index is 13.0. The molecular weight excluding hydrogens is 276 g/mol. The quantitative estimate of drug-likeness (QED) is 0.816. The highest BCUT2D eigenvalue weighted by Crippen LogP contribution is 2.34. The van der Waals surface area contributed by atoms with Gasteiger partial charge in [0.2, 0.25) is 0 Å². The van der Waals surface area contributed by atoms with E-state index >= 15 is 0 Å². The first-order chi connectivity index (χ1) is 9.45. The second kappa shape index (κ2) is 4.48. The molecule has 0 aromatic carbocycles. The van der Waals surface area contributed by atoms with Crippen molar-refractivity contribution in [2.45, 2.75) is 19.3 Å². The van der Waals surface area contributed by atoms with Crippen LogP contribution in [0.2, 0.25) is 0 Å². The normalized spacial score (nSPS) is 14.4. The molecule has 3 rings (SSSR count). The third-order valence-corrected chi connectivity index (χ3v) is 2.91. The summed E-state index contributed by atoms with van der Waals surface area (Å²) in [6.45, 7) is 0.330. The number of pyridine rings is 1. The molecule has 0 saturated carbocycles. The zero-order valence-electron chi connectivity index (χ0n) is 10.00. The van der Waals surface area contributed by atoms with Crippen molar-refractivity contribution < 1.29 is 17.6 Å². The van der Waals surface area contributed by atoms with Crippen molar-refractivity contribution in [1.82, 2.24) is 20.3 Å². The Kier molecular flexibility index (Phi) is 2.89. The summed E-state index contributed by atoms with van der Waals surface area (Å²) in [6.07, 6.45) is -3.65. The van der Waals surface area contributed by atoms with E-state index in [2.05, 4.69) is 20.3 Å². The molecular formula is C12H8F4N4. The molecule has 4 nitrogen and oxygen atoms in total. The summed E-state index contributed by atoms with van der Waals surface area (Å²) in [6, 6.07) is 2.35. The minimum atomic E-state index is -4.56. The van der Waals surface area contributed by atoms with Crippen LogP contribution in [0.5, 0.6) is 0 Å². The van der Waals surface area contributed by atoms with Gasteiger partial charge < -0.3 is 5.32 Å². The molecule has 8 heteroatoms. The molecule has 104 valence electrons. The van der Waals surface area contributed by atoms with E-state index in [-0.39, 0.29) is 30.2 Å². The molecule has 2 aromatic rings. The lowest BCUT2D eigenvalue weighted by Crippen LogP contribution is -2.14. The van der Waals surface area contributed by atoms with Crippen molar-refractivity contribution in [3.63, 3.8) is 0 Å². The predicted molar refractivity (Wildman–Crippen MR) is 60.8 cm³/mol. The topological polar surface area (TPSA) is 50.7 Å². The average molecular weight is 284 g/mol. The standard InChI is InChI=1S/C12H8F4N4/c13-6-1-2-8(18-3-6)11-19-9-5-17-4-7(9)10(20-11)12(14,15)16/h1-3,17H,4-5H2. The van der Waals surface area contributed by atoms with E-state index in [1.807, 2.05) is 0 Å². The Hall–Kier alpha value is -2.09. The summed E-state index contributed by atoms with van der Waals surface area (Å²) >= 11 is 0. The third-order valence-electron chi connectivity index (χ3n) is 2.91. The number of hydrogen-bond acceptors (Lipinski definition) is 4. The van der Waals surface area contributed by atoms with Crippen molar-refractivity contribution in [3.05, 3.63) is 41.1 Å². The van der Waals surface area contributed by atoms with Crippen LogP contribution in [-0.2, 0) is 19.3 Å². The third kappa shape index (κ3) is 2.22. The highest BCUT2D eigenvalue weighted by atomic mass is 19.4. The van der Waals surface area contributed by atoms with E-state index in [1.165, 1.54) is 6.07 Å². The Morgan fingerprint density at radius 2 is 1.90 bits per heavy atom. The Balaban J connectivity index is 2.16. The number of nitrogens with one attached hydrogen (secondary N) is 1. The highest BCUT2D eigenvalue weighted by Gasteiger charge is 2.38. The van der Waals surface area contributed by atoms with Gasteiger partial charge in [-0.2, -0.15) is 13.2 Å². The molecule has 0 aliphatic carbocycles. The molecule has 1 N–H and O–H groups in total. The van der Waals surface area contributed by atoms with Gasteiger partial charge in [0, 0.05) is 18.7 Å². The number of halogens is 4. The molecule has 0 atom stereocenters. The lowest BCUT2D eigenvalue weighted by Gasteiger charge is -2.11. The fourth-order valence-corrected chi connectivity index (χ4v) is 2.03. The van der Waals surface area contributed by atoms with Gasteiger partial charge in [0.05, 0.1) is 11.9 Å². The minimum absolute atomic E-state index is 0.0587. The van der Waals surface area contributed by atoms with Crippen LogP contribution < -0.4 is 5.32 Å². The largest absolute Gasteiger partial charge is 0.433 e. The van der Waals surface area contributed by atoms with Gasteiger partial charge in [-0.15, -0.1) is 0 Å². The molecule has 0 unspecified atom stereocenters. The van der Waals surface area contributed by atoms with E-state index in [9.17, 15) is 17.6 Å². The fourth-order valence-electron chi connectivity index (χ4n) is 2.03. The first-order valence-electron chi connectivity index (χ1n) is 5.75. The zero-order valence-corrected chi connectivity index (χ0v) is 10.00. The van der Waals surface area contributed by atoms with Crippen LogP contribution in [-0.4, -0.2) is 15.0 Å². The molecule has 0 bridgehead atoms. The first kappa shape index (κ1) is 12.9. The summed E-state index contributed by atoms with van der Waals surface area (Å²) in [7, 11) is 0. The van der Waals surface area contributed by atoms with Gasteiger partial charge in [0.1, 0.15) is 11.5 Å². The number of fused-ring (bicyclic) bond motifs is 1. The average Bonchev–Trinajstić information content (AvgIpc) is 2.85. The molecule has 0 fully saturated rings. The van der Waals surface area contributed by atoms with Crippen LogP contribution in [0.1, 0.15) is 17.0 Å². The van der Waals surface area contributed by atoms with Gasteiger partial charge in [-0.3, -0.25) is 0 Å². The summed E-state index contributed by atoms with van der Waals surface area (Å²) < 4.78 is 51.8. The van der Waals surface area contributed by atoms with Crippen LogP contribution in [0.3, 0.4) is 0 Å². The SMILES string of the molecule is Fc1ccc(-c2nc3c(c(C(F)(F)F)n2)CNC3)nc1. The lowest BCUT2D eigenvalue weighted by atomic mass is 10.1. The van der Waals surface area contributed by atoms with Gasteiger partial charge in [-0.25, -0.2) is 19.3 Å². The maximum Gasteiger partial charge on any atom is 0.433 e. The van der Waals surface area contributed by atoms with Crippen LogP contribution in [0, 0.1) is 5.82 Å². The number of alkyl halides is 3. The Labute approximate surface area is 110 Å². The molecule has 2 aromatic heterocycles. The Morgan fingerprint density at radius 1 is 1.10 bits per heavy atom. The van der Waals surface area contributed by atoms with Crippen LogP contribution in [0.15, 0.2) is 18.3 Å². The molecule has 0 radical (unpaired) electrons. The van der Waals surface area contributed by atoms with Crippen molar-refractivity contribution in [1.29, 1.82) is 0 Å². The van der Waals surface area contributed by atoms with E-state index in [0.717, 1.165) is 12.3 Å². The number of nitrogens with zero attached hydrogens (tertiary/aromatic N) is 3. The highest BCUT2D eigenvalue weighted by molar-refractivity contribution is 5.51.